The molecule has 1 saturated heterocycles. The lowest BCUT2D eigenvalue weighted by atomic mass is 10.1. The molecular formula is C25H19I2NO7S. The van der Waals surface area contributed by atoms with Crippen molar-refractivity contribution in [2.24, 2.45) is 0 Å². The third-order valence-electron chi connectivity index (χ3n) is 5.08. The smallest absolute Gasteiger partial charge is 0.373 e. The average molecular weight is 731 g/mol. The van der Waals surface area contributed by atoms with Gasteiger partial charge in [-0.15, -0.1) is 0 Å². The number of ether oxygens (including phenoxy) is 3. The maximum Gasteiger partial charge on any atom is 0.373 e. The van der Waals surface area contributed by atoms with Crippen LogP contribution in [0.15, 0.2) is 57.9 Å². The van der Waals surface area contributed by atoms with Crippen molar-refractivity contribution in [2.45, 2.75) is 13.2 Å². The van der Waals surface area contributed by atoms with Crippen molar-refractivity contribution in [3.05, 3.63) is 83.2 Å². The summed E-state index contributed by atoms with van der Waals surface area (Å²) in [5.74, 6) is 0.328. The molecule has 4 rings (SSSR count). The predicted octanol–water partition coefficient (Wildman–Crippen LogP) is 6.10. The van der Waals surface area contributed by atoms with E-state index in [1.54, 1.807) is 19.3 Å². The van der Waals surface area contributed by atoms with E-state index in [4.69, 9.17) is 13.9 Å². The first-order valence-electron chi connectivity index (χ1n) is 10.5. The van der Waals surface area contributed by atoms with E-state index in [1.165, 1.54) is 19.2 Å². The number of hydrogen-bond acceptors (Lipinski definition) is 8. The van der Waals surface area contributed by atoms with E-state index in [1.807, 2.05) is 30.3 Å². The van der Waals surface area contributed by atoms with Gasteiger partial charge in [0.25, 0.3) is 11.1 Å². The molecule has 11 heteroatoms. The Kier molecular flexibility index (Phi) is 8.62. The molecule has 0 saturated carbocycles. The first kappa shape index (κ1) is 26.5. The molecular weight excluding hydrogens is 712 g/mol. The van der Waals surface area contributed by atoms with Gasteiger partial charge in [0.1, 0.15) is 12.4 Å². The zero-order valence-electron chi connectivity index (χ0n) is 19.1. The lowest BCUT2D eigenvalue weighted by Gasteiger charge is -2.14. The largest absolute Gasteiger partial charge is 0.493 e. The molecule has 2 amide bonds. The predicted molar refractivity (Wildman–Crippen MR) is 151 cm³/mol. The molecule has 3 aromatic rings. The minimum Gasteiger partial charge on any atom is -0.493 e. The summed E-state index contributed by atoms with van der Waals surface area (Å²) in [5, 5.41) is -0.429. The topological polar surface area (TPSA) is 95.3 Å². The van der Waals surface area contributed by atoms with Crippen LogP contribution in [0.4, 0.5) is 4.79 Å². The summed E-state index contributed by atoms with van der Waals surface area (Å²) < 4.78 is 23.5. The Balaban J connectivity index is 1.50. The second-order valence-corrected chi connectivity index (χ2v) is 10.9. The highest BCUT2D eigenvalue weighted by Gasteiger charge is 2.36. The minimum atomic E-state index is -0.634. The van der Waals surface area contributed by atoms with Crippen molar-refractivity contribution in [1.82, 2.24) is 4.90 Å². The Labute approximate surface area is 238 Å². The van der Waals surface area contributed by atoms with Crippen molar-refractivity contribution < 1.29 is 33.0 Å². The number of carbonyl (C=O) groups is 3. The van der Waals surface area contributed by atoms with Gasteiger partial charge < -0.3 is 18.6 Å². The number of nitrogens with zero attached hydrogens (tertiary/aromatic N) is 1. The van der Waals surface area contributed by atoms with Gasteiger partial charge in [-0.25, -0.2) is 4.79 Å². The highest BCUT2D eigenvalue weighted by atomic mass is 127. The first-order valence-corrected chi connectivity index (χ1v) is 13.4. The number of furan rings is 1. The van der Waals surface area contributed by atoms with Crippen LogP contribution < -0.4 is 9.47 Å². The molecule has 186 valence electrons. The summed E-state index contributed by atoms with van der Waals surface area (Å²) >= 11 is 5.24. The van der Waals surface area contributed by atoms with Gasteiger partial charge in [0.2, 0.25) is 5.76 Å². The summed E-state index contributed by atoms with van der Waals surface area (Å²) in [6.07, 6.45) is 1.64. The summed E-state index contributed by atoms with van der Waals surface area (Å²) in [7, 11) is 2.79. The molecule has 2 heterocycles. The van der Waals surface area contributed by atoms with Crippen molar-refractivity contribution in [2.75, 3.05) is 14.2 Å². The number of rotatable bonds is 8. The number of imide groups is 1. The van der Waals surface area contributed by atoms with Crippen LogP contribution in [0, 0.1) is 7.14 Å². The molecule has 0 aliphatic carbocycles. The van der Waals surface area contributed by atoms with Crippen LogP contribution in [-0.4, -0.2) is 36.2 Å². The van der Waals surface area contributed by atoms with Gasteiger partial charge in [-0.05, 0) is 111 Å². The number of esters is 1. The molecule has 2 aromatic carbocycles. The first-order chi connectivity index (χ1) is 17.3. The average Bonchev–Trinajstić information content (AvgIpc) is 3.44. The second kappa shape index (κ2) is 11.7. The molecule has 1 aliphatic rings. The number of carbonyl (C=O) groups excluding carboxylic acids is 3. The molecule has 1 fully saturated rings. The van der Waals surface area contributed by atoms with Crippen LogP contribution in [0.5, 0.6) is 11.5 Å². The molecule has 0 bridgehead atoms. The zero-order valence-corrected chi connectivity index (χ0v) is 24.2. The van der Waals surface area contributed by atoms with Gasteiger partial charge >= 0.3 is 5.97 Å². The highest BCUT2D eigenvalue weighted by molar-refractivity contribution is 14.1. The molecule has 0 atom stereocenters. The Morgan fingerprint density at radius 2 is 1.83 bits per heavy atom. The Bertz CT molecular complexity index is 1350. The van der Waals surface area contributed by atoms with Gasteiger partial charge in [-0.1, -0.05) is 12.1 Å². The summed E-state index contributed by atoms with van der Waals surface area (Å²) in [6, 6.07) is 14.6. The van der Waals surface area contributed by atoms with Crippen molar-refractivity contribution in [1.29, 1.82) is 0 Å². The van der Waals surface area contributed by atoms with E-state index in [-0.39, 0.29) is 17.2 Å². The maximum absolute atomic E-state index is 12.9. The lowest BCUT2D eigenvalue weighted by Crippen LogP contribution is -2.27. The van der Waals surface area contributed by atoms with Crippen LogP contribution in [0.25, 0.3) is 6.08 Å². The second-order valence-electron chi connectivity index (χ2n) is 7.47. The van der Waals surface area contributed by atoms with Crippen molar-refractivity contribution in [3.63, 3.8) is 0 Å². The van der Waals surface area contributed by atoms with E-state index in [0.717, 1.165) is 29.4 Å². The van der Waals surface area contributed by atoms with Gasteiger partial charge in [-0.2, -0.15) is 0 Å². The summed E-state index contributed by atoms with van der Waals surface area (Å²) in [6.45, 7) is 0.289. The van der Waals surface area contributed by atoms with E-state index >= 15 is 0 Å². The number of benzene rings is 2. The fraction of sp³-hybridized carbons (Fsp3) is 0.160. The monoisotopic (exact) mass is 731 g/mol. The number of hydrogen-bond donors (Lipinski definition) is 0. The van der Waals surface area contributed by atoms with Crippen LogP contribution in [0.3, 0.4) is 0 Å². The van der Waals surface area contributed by atoms with E-state index in [0.29, 0.717) is 29.4 Å². The van der Waals surface area contributed by atoms with Crippen molar-refractivity contribution >= 4 is 80.1 Å². The fourth-order valence-corrected chi connectivity index (χ4v) is 5.29. The third kappa shape index (κ3) is 6.06. The molecule has 8 nitrogen and oxygen atoms in total. The fourth-order valence-electron chi connectivity index (χ4n) is 3.32. The molecule has 1 aliphatic heterocycles. The molecule has 0 spiro atoms. The third-order valence-corrected chi connectivity index (χ3v) is 7.51. The SMILES string of the molecule is COC(=O)c1ccc(CN2C(=O)S/C(=C/c3cc(I)c(OCc4ccc(I)cc4)c(OC)c3)C2=O)o1. The summed E-state index contributed by atoms with van der Waals surface area (Å²) in [5.41, 5.74) is 1.72. The molecule has 1 aromatic heterocycles. The standard InChI is InChI=1S/C25H19I2NO7S/c1-32-20-10-15(9-18(27)22(20)34-13-14-3-5-16(26)6-4-14)11-21-23(29)28(25(31)36-21)12-17-7-8-19(35-17)24(30)33-2/h3-11H,12-13H2,1-2H3/b21-11+. The Hall–Kier alpha value is -2.52. The van der Waals surface area contributed by atoms with Crippen LogP contribution >= 0.6 is 56.9 Å². The lowest BCUT2D eigenvalue weighted by molar-refractivity contribution is -0.123. The number of amides is 2. The van der Waals surface area contributed by atoms with Crippen molar-refractivity contribution in [3.8, 4) is 11.5 Å². The van der Waals surface area contributed by atoms with E-state index in [2.05, 4.69) is 49.9 Å². The molecule has 36 heavy (non-hydrogen) atoms. The Morgan fingerprint density at radius 3 is 2.53 bits per heavy atom. The molecule has 0 N–H and O–H groups in total. The van der Waals surface area contributed by atoms with Crippen LogP contribution in [0.1, 0.15) is 27.4 Å². The van der Waals surface area contributed by atoms with Crippen LogP contribution in [-0.2, 0) is 22.7 Å². The molecule has 0 unspecified atom stereocenters. The maximum atomic E-state index is 12.9. The van der Waals surface area contributed by atoms with Gasteiger partial charge in [0, 0.05) is 3.57 Å². The molecule has 0 radical (unpaired) electrons. The van der Waals surface area contributed by atoms with Gasteiger partial charge in [0.15, 0.2) is 11.5 Å². The van der Waals surface area contributed by atoms with E-state index < -0.39 is 17.1 Å². The van der Waals surface area contributed by atoms with Gasteiger partial charge in [0.05, 0.1) is 29.2 Å². The Morgan fingerprint density at radius 1 is 1.08 bits per heavy atom. The minimum absolute atomic E-state index is 0.000937. The summed E-state index contributed by atoms with van der Waals surface area (Å²) in [4.78, 5) is 38.4. The van der Waals surface area contributed by atoms with Crippen LogP contribution in [0.2, 0.25) is 0 Å². The quantitative estimate of drug-likeness (QED) is 0.156. The number of thioether (sulfide) groups is 1. The van der Waals surface area contributed by atoms with Gasteiger partial charge in [-0.3, -0.25) is 14.5 Å². The number of halogens is 2. The highest BCUT2D eigenvalue weighted by Crippen LogP contribution is 2.38. The van der Waals surface area contributed by atoms with E-state index in [9.17, 15) is 14.4 Å². The number of methoxy groups -OCH3 is 2. The zero-order chi connectivity index (χ0) is 25.8. The normalized spacial score (nSPS) is 14.4.